The summed E-state index contributed by atoms with van der Waals surface area (Å²) in [7, 11) is 5.62. The first-order chi connectivity index (χ1) is 17.2. The molecule has 2 aromatic carbocycles. The highest BCUT2D eigenvalue weighted by Gasteiger charge is 2.66. The van der Waals surface area contributed by atoms with Crippen LogP contribution in [-0.4, -0.2) is 68.4 Å². The second-order valence-electron chi connectivity index (χ2n) is 9.49. The first-order valence-electron chi connectivity index (χ1n) is 12.0. The number of ketones is 1. The van der Waals surface area contributed by atoms with Gasteiger partial charge in [-0.2, -0.15) is 0 Å². The molecule has 2 aliphatic rings. The maximum atomic E-state index is 14.0. The molecule has 0 radical (unpaired) electrons. The normalized spacial score (nSPS) is 20.5. The third-order valence-corrected chi connectivity index (χ3v) is 6.80. The summed E-state index contributed by atoms with van der Waals surface area (Å²) in [6, 6.07) is 12.1. The molecule has 188 valence electrons. The van der Waals surface area contributed by atoms with Crippen molar-refractivity contribution in [3.8, 4) is 5.75 Å². The number of carbonyl (C=O) groups is 3. The number of ether oxygens (including phenoxy) is 1. The lowest BCUT2D eigenvalue weighted by molar-refractivity contribution is -0.858. The maximum absolute atomic E-state index is 14.0. The number of aliphatic hydroxyl groups excluding tert-OH is 1. The molecular formula is C28H32N3O5+. The number of Topliss-reactive ketones (excluding diaryl/α,β-unsaturated/α-hetero) is 1. The van der Waals surface area contributed by atoms with E-state index in [1.165, 1.54) is 14.7 Å². The van der Waals surface area contributed by atoms with Gasteiger partial charge in [0.05, 0.1) is 26.2 Å². The molecule has 1 spiro atoms. The summed E-state index contributed by atoms with van der Waals surface area (Å²) in [5.41, 5.74) is 0.241. The Morgan fingerprint density at radius 2 is 1.89 bits per heavy atom. The van der Waals surface area contributed by atoms with Gasteiger partial charge in [-0.3, -0.25) is 14.4 Å². The zero-order valence-electron chi connectivity index (χ0n) is 21.1. The van der Waals surface area contributed by atoms with Gasteiger partial charge in [-0.1, -0.05) is 30.9 Å². The molecule has 8 nitrogen and oxygen atoms in total. The Hall–Kier alpha value is -3.91. The van der Waals surface area contributed by atoms with E-state index in [0.29, 0.717) is 35.6 Å². The smallest absolute Gasteiger partial charge is 0.296 e. The van der Waals surface area contributed by atoms with E-state index in [2.05, 4.69) is 6.58 Å². The molecule has 1 atom stereocenters. The molecule has 1 fully saturated rings. The van der Waals surface area contributed by atoms with Crippen LogP contribution in [-0.2, 0) is 19.9 Å². The molecule has 0 saturated carbocycles. The zero-order chi connectivity index (χ0) is 26.2. The lowest BCUT2D eigenvalue weighted by Crippen LogP contribution is -3.05. The zero-order valence-corrected chi connectivity index (χ0v) is 21.1. The summed E-state index contributed by atoms with van der Waals surface area (Å²) < 4.78 is 5.63. The molecule has 2 aromatic rings. The molecule has 0 bridgehead atoms. The van der Waals surface area contributed by atoms with Gasteiger partial charge >= 0.3 is 0 Å². The molecule has 1 saturated heterocycles. The fourth-order valence-corrected chi connectivity index (χ4v) is 5.11. The number of para-hydroxylation sites is 1. The minimum atomic E-state index is -1.73. The Labute approximate surface area is 211 Å². The Balaban J connectivity index is 1.93. The highest BCUT2D eigenvalue weighted by atomic mass is 16.5. The molecular weight excluding hydrogens is 458 g/mol. The van der Waals surface area contributed by atoms with Gasteiger partial charge in [0.15, 0.2) is 5.54 Å². The largest absolute Gasteiger partial charge is 0.507 e. The van der Waals surface area contributed by atoms with E-state index < -0.39 is 23.1 Å². The fraction of sp³-hybridized carbons (Fsp3) is 0.321. The minimum Gasteiger partial charge on any atom is -0.507 e. The first-order valence-corrected chi connectivity index (χ1v) is 12.0. The number of rotatable bonds is 8. The minimum absolute atomic E-state index is 0.202. The van der Waals surface area contributed by atoms with Gasteiger partial charge in [-0.05, 0) is 36.8 Å². The molecule has 1 unspecified atom stereocenters. The maximum Gasteiger partial charge on any atom is 0.296 e. The number of aryl methyl sites for hydroxylation is 1. The van der Waals surface area contributed by atoms with E-state index in [1.807, 2.05) is 21.0 Å². The van der Waals surface area contributed by atoms with Gasteiger partial charge in [-0.15, -0.1) is 0 Å². The summed E-state index contributed by atoms with van der Waals surface area (Å²) in [4.78, 5) is 44.9. The number of nitrogens with one attached hydrogen (secondary N) is 1. The van der Waals surface area contributed by atoms with Crippen LogP contribution >= 0.6 is 0 Å². The third kappa shape index (κ3) is 3.78. The number of benzene rings is 2. The quantitative estimate of drug-likeness (QED) is 0.254. The van der Waals surface area contributed by atoms with Crippen LogP contribution in [0.1, 0.15) is 23.1 Å². The molecule has 2 heterocycles. The lowest BCUT2D eigenvalue weighted by Gasteiger charge is -2.34. The third-order valence-electron chi connectivity index (χ3n) is 6.80. The first kappa shape index (κ1) is 25.2. The molecule has 2 aliphatic heterocycles. The summed E-state index contributed by atoms with van der Waals surface area (Å²) in [6.45, 7) is 6.73. The number of likely N-dealkylation sites (N-methyl/N-ethyl adjacent to an activating group) is 1. The van der Waals surface area contributed by atoms with E-state index in [4.69, 9.17) is 4.74 Å². The summed E-state index contributed by atoms with van der Waals surface area (Å²) in [6.07, 6.45) is 2.22. The van der Waals surface area contributed by atoms with Gasteiger partial charge < -0.3 is 24.5 Å². The molecule has 0 aromatic heterocycles. The highest BCUT2D eigenvalue weighted by Crippen LogP contribution is 2.53. The summed E-state index contributed by atoms with van der Waals surface area (Å²) in [5, 5.41) is 11.5. The number of anilines is 1. The molecule has 36 heavy (non-hydrogen) atoms. The predicted octanol–water partition coefficient (Wildman–Crippen LogP) is 1.65. The number of fused-ring (bicyclic) bond motifs is 2. The van der Waals surface area contributed by atoms with Crippen molar-refractivity contribution in [2.75, 3.05) is 45.7 Å². The van der Waals surface area contributed by atoms with Crippen LogP contribution in [0.4, 0.5) is 5.69 Å². The fourth-order valence-electron chi connectivity index (χ4n) is 5.11. The number of nitrogens with zero attached hydrogens (tertiary/aromatic N) is 2. The Bertz CT molecular complexity index is 1280. The standard InChI is InChI=1S/C28H31N3O5/c1-6-16-36-22-13-12-19(17-18(22)2)24(32)23-25(33)26(34)31(15-9-14-29(3)4)28(23)20-10-7-8-11-21(20)30(5)27(28)35/h6-8,10-13,17,32H,1,9,14-16H2,2-5H3/p+1. The number of hydrogen-bond donors (Lipinski definition) is 2. The van der Waals surface area contributed by atoms with Crippen molar-refractivity contribution in [1.82, 2.24) is 4.90 Å². The lowest BCUT2D eigenvalue weighted by atomic mass is 9.81. The second kappa shape index (κ2) is 9.62. The van der Waals surface area contributed by atoms with Crippen molar-refractivity contribution < 1.29 is 29.1 Å². The number of quaternary nitrogens is 1. The summed E-state index contributed by atoms with van der Waals surface area (Å²) in [5.74, 6) is -1.87. The van der Waals surface area contributed by atoms with Gasteiger partial charge in [0.25, 0.3) is 17.6 Å². The van der Waals surface area contributed by atoms with Crippen molar-refractivity contribution in [1.29, 1.82) is 0 Å². The Morgan fingerprint density at radius 1 is 1.17 bits per heavy atom. The molecule has 4 rings (SSSR count). The molecule has 2 N–H and O–H groups in total. The summed E-state index contributed by atoms with van der Waals surface area (Å²) >= 11 is 0. The number of likely N-dealkylation sites (tertiary alicyclic amines) is 1. The number of hydrogen-bond acceptors (Lipinski definition) is 5. The van der Waals surface area contributed by atoms with Crippen LogP contribution < -0.4 is 14.5 Å². The SMILES string of the molecule is C=CCOc1ccc(C(O)=C2C(=O)C(=O)N(CCC[NH+](C)C)C23C(=O)N(C)c2ccccc23)cc1C. The number of aliphatic hydroxyl groups is 1. The van der Waals surface area contributed by atoms with Crippen molar-refractivity contribution >= 4 is 29.0 Å². The van der Waals surface area contributed by atoms with Gasteiger partial charge in [0.2, 0.25) is 0 Å². The molecule has 0 aliphatic carbocycles. The van der Waals surface area contributed by atoms with Gasteiger partial charge in [-0.25, -0.2) is 0 Å². The van der Waals surface area contributed by atoms with E-state index >= 15 is 0 Å². The van der Waals surface area contributed by atoms with Crippen LogP contribution in [0.5, 0.6) is 5.75 Å². The average Bonchev–Trinajstić information content (AvgIpc) is 3.21. The number of amides is 2. The van der Waals surface area contributed by atoms with Crippen molar-refractivity contribution in [2.24, 2.45) is 0 Å². The van der Waals surface area contributed by atoms with Crippen molar-refractivity contribution in [3.05, 3.63) is 77.4 Å². The van der Waals surface area contributed by atoms with Crippen LogP contribution in [0, 0.1) is 6.92 Å². The second-order valence-corrected chi connectivity index (χ2v) is 9.49. The van der Waals surface area contributed by atoms with Gasteiger partial charge in [0.1, 0.15) is 18.1 Å². The van der Waals surface area contributed by atoms with E-state index in [0.717, 1.165) is 12.1 Å². The topological polar surface area (TPSA) is 91.6 Å². The van der Waals surface area contributed by atoms with Crippen LogP contribution in [0.2, 0.25) is 0 Å². The van der Waals surface area contributed by atoms with Gasteiger partial charge in [0, 0.05) is 36.8 Å². The van der Waals surface area contributed by atoms with E-state index in [9.17, 15) is 19.5 Å². The van der Waals surface area contributed by atoms with Crippen LogP contribution in [0.25, 0.3) is 5.76 Å². The predicted molar refractivity (Wildman–Crippen MR) is 137 cm³/mol. The monoisotopic (exact) mass is 490 g/mol. The Morgan fingerprint density at radius 3 is 2.56 bits per heavy atom. The van der Waals surface area contributed by atoms with Crippen molar-refractivity contribution in [2.45, 2.75) is 18.9 Å². The molecule has 8 heteroatoms. The molecule has 2 amide bonds. The Kier molecular flexibility index (Phi) is 6.73. The van der Waals surface area contributed by atoms with E-state index in [-0.39, 0.29) is 17.9 Å². The number of carbonyl (C=O) groups excluding carboxylic acids is 3. The average molecular weight is 491 g/mol. The van der Waals surface area contributed by atoms with Crippen molar-refractivity contribution in [3.63, 3.8) is 0 Å². The van der Waals surface area contributed by atoms with E-state index in [1.54, 1.807) is 55.6 Å². The van der Waals surface area contributed by atoms with Crippen LogP contribution in [0.15, 0.2) is 60.7 Å². The van der Waals surface area contributed by atoms with Crippen LogP contribution in [0.3, 0.4) is 0 Å². The highest BCUT2D eigenvalue weighted by molar-refractivity contribution is 6.50.